The Morgan fingerprint density at radius 3 is 1.79 bits per heavy atom. The molecule has 1 aliphatic heterocycles. The number of hydrogen-bond acceptors (Lipinski definition) is 3. The molecule has 158 valence electrons. The lowest BCUT2D eigenvalue weighted by Gasteiger charge is -2.37. The second-order valence-electron chi connectivity index (χ2n) is 8.70. The average molecular weight is 409 g/mol. The Labute approximate surface area is 171 Å². The van der Waals surface area contributed by atoms with Gasteiger partial charge in [-0.3, -0.25) is 4.79 Å². The summed E-state index contributed by atoms with van der Waals surface area (Å²) in [5.74, 6) is 0.0542. The summed E-state index contributed by atoms with van der Waals surface area (Å²) < 4.78 is 28.4. The molecule has 1 heterocycles. The van der Waals surface area contributed by atoms with Gasteiger partial charge in [0.25, 0.3) is 0 Å². The number of aryl methyl sites for hydroxylation is 2. The van der Waals surface area contributed by atoms with E-state index >= 15 is 0 Å². The van der Waals surface area contributed by atoms with Crippen LogP contribution in [-0.4, -0.2) is 48.7 Å². The van der Waals surface area contributed by atoms with Crippen molar-refractivity contribution >= 4 is 15.9 Å². The minimum absolute atomic E-state index is 0.0994. The number of amides is 1. The Hall–Kier alpha value is -1.40. The molecule has 0 bridgehead atoms. The van der Waals surface area contributed by atoms with Crippen LogP contribution >= 0.6 is 0 Å². The van der Waals surface area contributed by atoms with Gasteiger partial charge in [-0.1, -0.05) is 6.07 Å². The second-order valence-corrected chi connectivity index (χ2v) is 10.6. The van der Waals surface area contributed by atoms with Gasteiger partial charge in [0.1, 0.15) is 0 Å². The van der Waals surface area contributed by atoms with Gasteiger partial charge in [-0.25, -0.2) is 8.42 Å². The molecule has 1 aliphatic rings. The van der Waals surface area contributed by atoms with Crippen molar-refractivity contribution in [2.75, 3.05) is 13.1 Å². The van der Waals surface area contributed by atoms with Gasteiger partial charge in [0, 0.05) is 31.1 Å². The molecule has 28 heavy (non-hydrogen) atoms. The number of rotatable bonds is 5. The van der Waals surface area contributed by atoms with Gasteiger partial charge >= 0.3 is 0 Å². The molecule has 0 radical (unpaired) electrons. The summed E-state index contributed by atoms with van der Waals surface area (Å²) in [6, 6.07) is 2.34. The largest absolute Gasteiger partial charge is 0.338 e. The van der Waals surface area contributed by atoms with E-state index in [1.54, 1.807) is 4.31 Å². The van der Waals surface area contributed by atoms with Gasteiger partial charge in [-0.05, 0) is 90.5 Å². The van der Waals surface area contributed by atoms with Crippen molar-refractivity contribution in [1.82, 2.24) is 9.21 Å². The minimum atomic E-state index is -3.56. The van der Waals surface area contributed by atoms with Crippen LogP contribution in [-0.2, 0) is 14.8 Å². The standard InChI is InChI=1S/C22H36N2O3S/c1-14(2)24(15(3)4)22(25)20-9-11-23(12-10-20)28(26,27)21-18(7)16(5)13-17(6)19(21)8/h13-15,20H,9-12H2,1-8H3. The lowest BCUT2D eigenvalue weighted by molar-refractivity contribution is -0.140. The molecule has 5 nitrogen and oxygen atoms in total. The van der Waals surface area contributed by atoms with Crippen molar-refractivity contribution in [3.63, 3.8) is 0 Å². The highest BCUT2D eigenvalue weighted by atomic mass is 32.2. The van der Waals surface area contributed by atoms with E-state index in [1.165, 1.54) is 0 Å². The maximum Gasteiger partial charge on any atom is 0.243 e. The summed E-state index contributed by atoms with van der Waals surface area (Å²) in [6.07, 6.45) is 1.16. The Balaban J connectivity index is 2.23. The molecule has 1 amide bonds. The van der Waals surface area contributed by atoms with Crippen LogP contribution in [0.4, 0.5) is 0 Å². The van der Waals surface area contributed by atoms with Crippen LogP contribution in [0.5, 0.6) is 0 Å². The van der Waals surface area contributed by atoms with E-state index in [9.17, 15) is 13.2 Å². The Morgan fingerprint density at radius 1 is 0.964 bits per heavy atom. The van der Waals surface area contributed by atoms with Crippen molar-refractivity contribution in [3.05, 3.63) is 28.3 Å². The second kappa shape index (κ2) is 8.54. The van der Waals surface area contributed by atoms with Crippen molar-refractivity contribution in [1.29, 1.82) is 0 Å². The summed E-state index contributed by atoms with van der Waals surface area (Å²) in [7, 11) is -3.56. The van der Waals surface area contributed by atoms with E-state index < -0.39 is 10.0 Å². The highest BCUT2D eigenvalue weighted by Crippen LogP contribution is 2.31. The predicted octanol–water partition coefficient (Wildman–Crippen LogP) is 3.97. The molecule has 0 spiro atoms. The smallest absolute Gasteiger partial charge is 0.243 e. The number of carbonyl (C=O) groups excluding carboxylic acids is 1. The predicted molar refractivity (Wildman–Crippen MR) is 114 cm³/mol. The van der Waals surface area contributed by atoms with Crippen molar-refractivity contribution in [2.24, 2.45) is 5.92 Å². The molecule has 6 heteroatoms. The van der Waals surface area contributed by atoms with E-state index in [1.807, 2.05) is 66.4 Å². The average Bonchev–Trinajstić information content (AvgIpc) is 2.59. The molecule has 0 aromatic heterocycles. The summed E-state index contributed by atoms with van der Waals surface area (Å²) in [6.45, 7) is 16.6. The molecule has 1 aromatic rings. The first-order valence-corrected chi connectivity index (χ1v) is 11.7. The van der Waals surface area contributed by atoms with Gasteiger partial charge in [-0.2, -0.15) is 4.31 Å². The molecule has 0 unspecified atom stereocenters. The lowest BCUT2D eigenvalue weighted by atomic mass is 9.95. The van der Waals surface area contributed by atoms with Crippen LogP contribution in [0.15, 0.2) is 11.0 Å². The minimum Gasteiger partial charge on any atom is -0.338 e. The topological polar surface area (TPSA) is 57.7 Å². The fourth-order valence-electron chi connectivity index (χ4n) is 4.36. The lowest BCUT2D eigenvalue weighted by Crippen LogP contribution is -2.48. The third-order valence-corrected chi connectivity index (χ3v) is 8.24. The third-order valence-electron chi connectivity index (χ3n) is 6.07. The molecule has 0 saturated carbocycles. The normalized spacial score (nSPS) is 16.8. The Bertz CT molecular complexity index is 802. The van der Waals surface area contributed by atoms with Crippen LogP contribution in [0.2, 0.25) is 0 Å². The molecule has 0 atom stereocenters. The molecular weight excluding hydrogens is 372 g/mol. The van der Waals surface area contributed by atoms with E-state index in [-0.39, 0.29) is 23.9 Å². The number of hydrogen-bond donors (Lipinski definition) is 0. The van der Waals surface area contributed by atoms with Crippen LogP contribution < -0.4 is 0 Å². The quantitative estimate of drug-likeness (QED) is 0.741. The highest BCUT2D eigenvalue weighted by molar-refractivity contribution is 7.89. The van der Waals surface area contributed by atoms with E-state index in [2.05, 4.69) is 0 Å². The highest BCUT2D eigenvalue weighted by Gasteiger charge is 2.36. The van der Waals surface area contributed by atoms with Gasteiger partial charge < -0.3 is 4.90 Å². The van der Waals surface area contributed by atoms with E-state index in [0.29, 0.717) is 30.8 Å². The fourth-order valence-corrected chi connectivity index (χ4v) is 6.40. The molecule has 0 N–H and O–H groups in total. The third kappa shape index (κ3) is 4.28. The summed E-state index contributed by atoms with van der Waals surface area (Å²) in [4.78, 5) is 15.3. The van der Waals surface area contributed by atoms with Crippen molar-refractivity contribution in [3.8, 4) is 0 Å². The van der Waals surface area contributed by atoms with Gasteiger partial charge in [-0.15, -0.1) is 0 Å². The zero-order valence-electron chi connectivity index (χ0n) is 18.7. The zero-order valence-corrected chi connectivity index (χ0v) is 19.5. The summed E-state index contributed by atoms with van der Waals surface area (Å²) >= 11 is 0. The number of piperidine rings is 1. The number of sulfonamides is 1. The van der Waals surface area contributed by atoms with Crippen LogP contribution in [0.25, 0.3) is 0 Å². The van der Waals surface area contributed by atoms with Crippen molar-refractivity contribution < 1.29 is 13.2 Å². The first-order chi connectivity index (χ1) is 12.9. The van der Waals surface area contributed by atoms with Crippen LogP contribution in [0, 0.1) is 33.6 Å². The number of nitrogens with zero attached hydrogens (tertiary/aromatic N) is 2. The van der Waals surface area contributed by atoms with Gasteiger partial charge in [0.05, 0.1) is 4.90 Å². The molecule has 1 aromatic carbocycles. The number of benzene rings is 1. The van der Waals surface area contributed by atoms with Gasteiger partial charge in [0.2, 0.25) is 15.9 Å². The Morgan fingerprint density at radius 2 is 1.39 bits per heavy atom. The fraction of sp³-hybridized carbons (Fsp3) is 0.682. The maximum atomic E-state index is 13.4. The first-order valence-electron chi connectivity index (χ1n) is 10.3. The van der Waals surface area contributed by atoms with Crippen LogP contribution in [0.3, 0.4) is 0 Å². The molecule has 1 fully saturated rings. The molecular formula is C22H36N2O3S. The molecule has 1 saturated heterocycles. The van der Waals surface area contributed by atoms with Crippen molar-refractivity contribution in [2.45, 2.75) is 85.2 Å². The van der Waals surface area contributed by atoms with E-state index in [0.717, 1.165) is 22.3 Å². The summed E-state index contributed by atoms with van der Waals surface area (Å²) in [5, 5.41) is 0. The zero-order chi connectivity index (χ0) is 21.4. The molecule has 0 aliphatic carbocycles. The SMILES string of the molecule is Cc1cc(C)c(C)c(S(=O)(=O)N2CCC(C(=O)N(C(C)C)C(C)C)CC2)c1C. The van der Waals surface area contributed by atoms with Crippen LogP contribution in [0.1, 0.15) is 62.8 Å². The monoisotopic (exact) mass is 408 g/mol. The molecule has 2 rings (SSSR count). The van der Waals surface area contributed by atoms with E-state index in [4.69, 9.17) is 0 Å². The first kappa shape index (κ1) is 22.9. The summed E-state index contributed by atoms with van der Waals surface area (Å²) in [5.41, 5.74) is 3.65. The van der Waals surface area contributed by atoms with Gasteiger partial charge in [0.15, 0.2) is 0 Å². The number of carbonyl (C=O) groups is 1. The Kier molecular flexibility index (Phi) is 6.98. The maximum absolute atomic E-state index is 13.4.